The average Bonchev–Trinajstić information content (AvgIpc) is 3.46. The fourth-order valence-corrected chi connectivity index (χ4v) is 6.54. The van der Waals surface area contributed by atoms with E-state index in [-0.39, 0.29) is 47.2 Å². The SMILES string of the molecule is COc1ccc(CN2Cc3c(c(OC(c4ccccc4)c4ccccc4)c4ncc(Cc5ccc(F)cc5)cc4c3C(=O)O)C2=O)c(OC)c1. The molecule has 1 N–H and O–H groups in total. The van der Waals surface area contributed by atoms with Crippen LogP contribution in [0.25, 0.3) is 10.9 Å². The summed E-state index contributed by atoms with van der Waals surface area (Å²) in [4.78, 5) is 34.0. The van der Waals surface area contributed by atoms with Gasteiger partial charge in [-0.25, -0.2) is 9.18 Å². The summed E-state index contributed by atoms with van der Waals surface area (Å²) >= 11 is 0. The van der Waals surface area contributed by atoms with Crippen LogP contribution >= 0.6 is 0 Å². The number of fused-ring (bicyclic) bond motifs is 2. The Balaban J connectivity index is 1.41. The lowest BCUT2D eigenvalue weighted by atomic mass is 9.94. The zero-order valence-corrected chi connectivity index (χ0v) is 27.4. The molecule has 1 aromatic heterocycles. The van der Waals surface area contributed by atoms with Gasteiger partial charge in [0.05, 0.1) is 25.3 Å². The summed E-state index contributed by atoms with van der Waals surface area (Å²) in [6.45, 7) is 0.181. The molecule has 0 bridgehead atoms. The Morgan fingerprint density at radius 3 is 2.18 bits per heavy atom. The standard InChI is InChI=1S/C41H33FN2O6/c1-48-31-18-15-29(34(21-31)49-2)23-44-24-33-35(41(46)47)32-20-26(19-25-13-16-30(42)17-14-25)22-43-37(32)39(36(33)40(44)45)50-38(27-9-5-3-6-10-27)28-11-7-4-8-12-28/h3-18,20-22,38H,19,23-24H2,1-2H3,(H,46,47). The van der Waals surface area contributed by atoms with E-state index in [0.717, 1.165) is 27.8 Å². The molecule has 1 aliphatic rings. The second-order valence-electron chi connectivity index (χ2n) is 12.1. The number of carboxylic acid groups (broad SMARTS) is 1. The van der Waals surface area contributed by atoms with Crippen molar-refractivity contribution in [3.8, 4) is 17.2 Å². The molecule has 8 nitrogen and oxygen atoms in total. The maximum absolute atomic E-state index is 14.5. The first-order valence-electron chi connectivity index (χ1n) is 16.1. The number of aromatic carboxylic acids is 1. The van der Waals surface area contributed by atoms with Gasteiger partial charge >= 0.3 is 5.97 Å². The molecule has 9 heteroatoms. The molecule has 0 spiro atoms. The van der Waals surface area contributed by atoms with E-state index in [1.54, 1.807) is 55.6 Å². The molecule has 0 saturated heterocycles. The van der Waals surface area contributed by atoms with Crippen molar-refractivity contribution in [1.82, 2.24) is 9.88 Å². The fraction of sp³-hybridized carbons (Fsp3) is 0.146. The van der Waals surface area contributed by atoms with Gasteiger partial charge in [-0.05, 0) is 59.0 Å². The van der Waals surface area contributed by atoms with Crippen molar-refractivity contribution in [3.05, 3.63) is 166 Å². The molecule has 2 heterocycles. The lowest BCUT2D eigenvalue weighted by Gasteiger charge is -2.23. The van der Waals surface area contributed by atoms with Crippen molar-refractivity contribution < 1.29 is 33.3 Å². The van der Waals surface area contributed by atoms with Gasteiger partial charge in [-0.3, -0.25) is 9.78 Å². The summed E-state index contributed by atoms with van der Waals surface area (Å²) < 4.78 is 31.5. The number of ether oxygens (including phenoxy) is 3. The summed E-state index contributed by atoms with van der Waals surface area (Å²) in [5.74, 6) is -0.558. The van der Waals surface area contributed by atoms with Crippen molar-refractivity contribution in [2.75, 3.05) is 14.2 Å². The van der Waals surface area contributed by atoms with Gasteiger partial charge in [0.1, 0.15) is 28.9 Å². The normalized spacial score (nSPS) is 12.3. The van der Waals surface area contributed by atoms with Gasteiger partial charge in [0.2, 0.25) is 0 Å². The number of amides is 1. The Labute approximate surface area is 288 Å². The first kappa shape index (κ1) is 32.3. The molecule has 50 heavy (non-hydrogen) atoms. The fourth-order valence-electron chi connectivity index (χ4n) is 6.54. The molecule has 0 fully saturated rings. The van der Waals surface area contributed by atoms with E-state index < -0.39 is 12.1 Å². The van der Waals surface area contributed by atoms with E-state index in [1.165, 1.54) is 12.1 Å². The molecule has 1 aliphatic heterocycles. The van der Waals surface area contributed by atoms with Crippen LogP contribution in [-0.4, -0.2) is 41.1 Å². The van der Waals surface area contributed by atoms with Crippen molar-refractivity contribution in [2.24, 2.45) is 0 Å². The Kier molecular flexibility index (Phi) is 8.87. The van der Waals surface area contributed by atoms with E-state index in [4.69, 9.17) is 19.2 Å². The number of carbonyl (C=O) groups excluding carboxylic acids is 1. The Morgan fingerprint density at radius 1 is 0.880 bits per heavy atom. The van der Waals surface area contributed by atoms with Gasteiger partial charge in [-0.1, -0.05) is 72.8 Å². The van der Waals surface area contributed by atoms with E-state index >= 15 is 0 Å². The predicted molar refractivity (Wildman–Crippen MR) is 186 cm³/mol. The molecule has 7 rings (SSSR count). The third-order valence-electron chi connectivity index (χ3n) is 8.94. The quantitative estimate of drug-likeness (QED) is 0.149. The van der Waals surface area contributed by atoms with E-state index in [9.17, 15) is 19.1 Å². The zero-order valence-electron chi connectivity index (χ0n) is 27.4. The second-order valence-corrected chi connectivity index (χ2v) is 12.1. The van der Waals surface area contributed by atoms with Gasteiger partial charge in [0.25, 0.3) is 5.91 Å². The van der Waals surface area contributed by atoms with Crippen LogP contribution in [0.2, 0.25) is 0 Å². The second kappa shape index (κ2) is 13.7. The minimum Gasteiger partial charge on any atom is -0.497 e. The maximum atomic E-state index is 14.5. The maximum Gasteiger partial charge on any atom is 0.336 e. The zero-order chi connectivity index (χ0) is 34.8. The molecule has 0 unspecified atom stereocenters. The number of nitrogens with zero attached hydrogens (tertiary/aromatic N) is 2. The highest BCUT2D eigenvalue weighted by molar-refractivity contribution is 6.14. The third-order valence-corrected chi connectivity index (χ3v) is 8.94. The summed E-state index contributed by atoms with van der Waals surface area (Å²) in [6.07, 6.45) is 1.41. The number of benzene rings is 5. The number of carbonyl (C=O) groups is 2. The first-order valence-corrected chi connectivity index (χ1v) is 16.1. The number of hydrogen-bond acceptors (Lipinski definition) is 6. The molecule has 1 amide bonds. The number of aromatic nitrogens is 1. The number of pyridine rings is 1. The third kappa shape index (κ3) is 6.21. The summed E-state index contributed by atoms with van der Waals surface area (Å²) in [7, 11) is 3.11. The molecule has 5 aromatic carbocycles. The molecule has 0 aliphatic carbocycles. The average molecular weight is 669 g/mol. The van der Waals surface area contributed by atoms with Gasteiger partial charge in [0.15, 0.2) is 5.75 Å². The van der Waals surface area contributed by atoms with Crippen LogP contribution in [-0.2, 0) is 19.5 Å². The molecule has 0 atom stereocenters. The number of hydrogen-bond donors (Lipinski definition) is 1. The number of halogens is 1. The van der Waals surface area contributed by atoms with Gasteiger partial charge in [0, 0.05) is 41.9 Å². The minimum atomic E-state index is -1.18. The van der Waals surface area contributed by atoms with Crippen LogP contribution < -0.4 is 14.2 Å². The van der Waals surface area contributed by atoms with Crippen molar-refractivity contribution in [2.45, 2.75) is 25.6 Å². The summed E-state index contributed by atoms with van der Waals surface area (Å²) in [6, 6.07) is 32.6. The number of carboxylic acids is 1. The highest BCUT2D eigenvalue weighted by Crippen LogP contribution is 2.44. The van der Waals surface area contributed by atoms with Crippen LogP contribution in [0.15, 0.2) is 115 Å². The van der Waals surface area contributed by atoms with Gasteiger partial charge in [-0.15, -0.1) is 0 Å². The van der Waals surface area contributed by atoms with Crippen LogP contribution in [0.1, 0.15) is 60.2 Å². The van der Waals surface area contributed by atoms with Gasteiger partial charge in [-0.2, -0.15) is 0 Å². The summed E-state index contributed by atoms with van der Waals surface area (Å²) in [5.41, 5.74) is 4.75. The monoisotopic (exact) mass is 668 g/mol. The molecule has 250 valence electrons. The Hall–Kier alpha value is -6.22. The molecular weight excluding hydrogens is 635 g/mol. The van der Waals surface area contributed by atoms with E-state index in [2.05, 4.69) is 0 Å². The summed E-state index contributed by atoms with van der Waals surface area (Å²) in [5, 5.41) is 11.1. The van der Waals surface area contributed by atoms with Crippen LogP contribution in [0.3, 0.4) is 0 Å². The van der Waals surface area contributed by atoms with Crippen molar-refractivity contribution in [1.29, 1.82) is 0 Å². The first-order chi connectivity index (χ1) is 24.3. The number of rotatable bonds is 11. The highest BCUT2D eigenvalue weighted by Gasteiger charge is 2.39. The smallest absolute Gasteiger partial charge is 0.336 e. The number of methoxy groups -OCH3 is 2. The highest BCUT2D eigenvalue weighted by atomic mass is 19.1. The lowest BCUT2D eigenvalue weighted by Crippen LogP contribution is -2.24. The van der Waals surface area contributed by atoms with Crippen molar-refractivity contribution in [3.63, 3.8) is 0 Å². The molecule has 0 radical (unpaired) electrons. The molecule has 6 aromatic rings. The predicted octanol–water partition coefficient (Wildman–Crippen LogP) is 8.00. The molecular formula is C41H33FN2O6. The largest absolute Gasteiger partial charge is 0.497 e. The molecule has 0 saturated carbocycles. The van der Waals surface area contributed by atoms with Crippen LogP contribution in [0, 0.1) is 5.82 Å². The van der Waals surface area contributed by atoms with Crippen LogP contribution in [0.4, 0.5) is 4.39 Å². The Morgan fingerprint density at radius 2 is 1.56 bits per heavy atom. The lowest BCUT2D eigenvalue weighted by molar-refractivity contribution is 0.0693. The topological polar surface area (TPSA) is 98.2 Å². The van der Waals surface area contributed by atoms with Crippen LogP contribution in [0.5, 0.6) is 17.2 Å². The minimum absolute atomic E-state index is 0.00988. The Bertz CT molecular complexity index is 2170. The van der Waals surface area contributed by atoms with E-state index in [1.807, 2.05) is 66.7 Å². The van der Waals surface area contributed by atoms with Crippen molar-refractivity contribution >= 4 is 22.8 Å². The van der Waals surface area contributed by atoms with Gasteiger partial charge < -0.3 is 24.2 Å². The van der Waals surface area contributed by atoms with E-state index in [0.29, 0.717) is 28.9 Å².